The fourth-order valence-corrected chi connectivity index (χ4v) is 2.72. The van der Waals surface area contributed by atoms with Crippen LogP contribution in [0.5, 0.6) is 11.5 Å². The summed E-state index contributed by atoms with van der Waals surface area (Å²) in [5, 5.41) is 3.40. The predicted molar refractivity (Wildman–Crippen MR) is 78.0 cm³/mol. The highest BCUT2D eigenvalue weighted by atomic mass is 16.5. The van der Waals surface area contributed by atoms with E-state index in [0.717, 1.165) is 17.9 Å². The van der Waals surface area contributed by atoms with Gasteiger partial charge in [-0.3, -0.25) is 0 Å². The van der Waals surface area contributed by atoms with Gasteiger partial charge in [0.25, 0.3) is 0 Å². The maximum atomic E-state index is 6.18. The lowest BCUT2D eigenvalue weighted by atomic mass is 10.1. The smallest absolute Gasteiger partial charge is 0.123 e. The Kier molecular flexibility index (Phi) is 5.52. The topological polar surface area (TPSA) is 30.5 Å². The molecule has 0 saturated heterocycles. The first-order chi connectivity index (χ1) is 9.33. The average molecular weight is 263 g/mol. The van der Waals surface area contributed by atoms with E-state index in [4.69, 9.17) is 9.47 Å². The number of rotatable bonds is 5. The summed E-state index contributed by atoms with van der Waals surface area (Å²) in [6.45, 7) is 2.68. The maximum Gasteiger partial charge on any atom is 0.123 e. The monoisotopic (exact) mass is 263 g/mol. The molecular weight excluding hydrogens is 238 g/mol. The molecule has 2 atom stereocenters. The van der Waals surface area contributed by atoms with Crippen LogP contribution in [0.3, 0.4) is 0 Å². The number of ether oxygens (including phenoxy) is 2. The zero-order valence-corrected chi connectivity index (χ0v) is 12.0. The lowest BCUT2D eigenvalue weighted by Gasteiger charge is -2.26. The van der Waals surface area contributed by atoms with Crippen LogP contribution < -0.4 is 14.8 Å². The van der Waals surface area contributed by atoms with Crippen molar-refractivity contribution in [3.63, 3.8) is 0 Å². The molecule has 3 nitrogen and oxygen atoms in total. The summed E-state index contributed by atoms with van der Waals surface area (Å²) in [4.78, 5) is 0. The Hall–Kier alpha value is -1.22. The van der Waals surface area contributed by atoms with Gasteiger partial charge in [0, 0.05) is 12.1 Å². The van der Waals surface area contributed by atoms with Crippen molar-refractivity contribution in [1.82, 2.24) is 5.32 Å². The highest BCUT2D eigenvalue weighted by Gasteiger charge is 2.23. The minimum absolute atomic E-state index is 0.268. The SMILES string of the molecule is CCOc1cccc(OC2CCCCCC2NC)c1. The van der Waals surface area contributed by atoms with Crippen molar-refractivity contribution in [3.05, 3.63) is 24.3 Å². The molecule has 1 aromatic carbocycles. The molecule has 1 fully saturated rings. The molecule has 0 bridgehead atoms. The third kappa shape index (κ3) is 4.13. The van der Waals surface area contributed by atoms with E-state index in [9.17, 15) is 0 Å². The van der Waals surface area contributed by atoms with E-state index >= 15 is 0 Å². The summed E-state index contributed by atoms with van der Waals surface area (Å²) in [5.41, 5.74) is 0. The number of hydrogen-bond acceptors (Lipinski definition) is 3. The number of nitrogens with one attached hydrogen (secondary N) is 1. The van der Waals surface area contributed by atoms with Crippen LogP contribution in [-0.2, 0) is 0 Å². The van der Waals surface area contributed by atoms with E-state index in [1.807, 2.05) is 38.2 Å². The molecule has 0 amide bonds. The molecule has 0 heterocycles. The second-order valence-electron chi connectivity index (χ2n) is 5.10. The Bertz CT molecular complexity index is 381. The second-order valence-corrected chi connectivity index (χ2v) is 5.10. The minimum atomic E-state index is 0.268. The Labute approximate surface area is 116 Å². The van der Waals surface area contributed by atoms with Crippen molar-refractivity contribution in [2.75, 3.05) is 13.7 Å². The largest absolute Gasteiger partial charge is 0.494 e. The van der Waals surface area contributed by atoms with Gasteiger partial charge in [-0.05, 0) is 45.4 Å². The van der Waals surface area contributed by atoms with Crippen molar-refractivity contribution < 1.29 is 9.47 Å². The molecule has 1 aliphatic carbocycles. The van der Waals surface area contributed by atoms with Crippen LogP contribution in [0.2, 0.25) is 0 Å². The highest BCUT2D eigenvalue weighted by Crippen LogP contribution is 2.25. The first kappa shape index (κ1) is 14.2. The minimum Gasteiger partial charge on any atom is -0.494 e. The Morgan fingerprint density at radius 3 is 2.74 bits per heavy atom. The number of hydrogen-bond donors (Lipinski definition) is 1. The molecule has 0 radical (unpaired) electrons. The molecular formula is C16H25NO2. The van der Waals surface area contributed by atoms with E-state index in [-0.39, 0.29) is 6.10 Å². The summed E-state index contributed by atoms with van der Waals surface area (Å²) >= 11 is 0. The molecule has 106 valence electrons. The molecule has 3 heteroatoms. The predicted octanol–water partition coefficient (Wildman–Crippen LogP) is 3.38. The number of likely N-dealkylation sites (N-methyl/N-ethyl adjacent to an activating group) is 1. The Morgan fingerprint density at radius 1 is 1.16 bits per heavy atom. The standard InChI is InChI=1S/C16H25NO2/c1-3-18-13-8-7-9-14(12-13)19-16-11-6-4-5-10-15(16)17-2/h7-9,12,15-17H,3-6,10-11H2,1-2H3. The molecule has 19 heavy (non-hydrogen) atoms. The summed E-state index contributed by atoms with van der Waals surface area (Å²) in [5.74, 6) is 1.80. The van der Waals surface area contributed by atoms with Gasteiger partial charge in [0.15, 0.2) is 0 Å². The fourth-order valence-electron chi connectivity index (χ4n) is 2.72. The van der Waals surface area contributed by atoms with Crippen molar-refractivity contribution in [3.8, 4) is 11.5 Å². The highest BCUT2D eigenvalue weighted by molar-refractivity contribution is 5.33. The molecule has 1 N–H and O–H groups in total. The first-order valence-corrected chi connectivity index (χ1v) is 7.40. The maximum absolute atomic E-state index is 6.18. The van der Waals surface area contributed by atoms with Crippen LogP contribution in [0.4, 0.5) is 0 Å². The van der Waals surface area contributed by atoms with Crippen molar-refractivity contribution >= 4 is 0 Å². The fraction of sp³-hybridized carbons (Fsp3) is 0.625. The molecule has 1 aliphatic rings. The van der Waals surface area contributed by atoms with Gasteiger partial charge < -0.3 is 14.8 Å². The lowest BCUT2D eigenvalue weighted by Crippen LogP contribution is -2.40. The van der Waals surface area contributed by atoms with Gasteiger partial charge in [-0.2, -0.15) is 0 Å². The van der Waals surface area contributed by atoms with E-state index in [0.29, 0.717) is 12.6 Å². The molecule has 2 unspecified atom stereocenters. The molecule has 0 spiro atoms. The third-order valence-corrected chi connectivity index (χ3v) is 3.73. The molecule has 2 rings (SSSR count). The van der Waals surface area contributed by atoms with Gasteiger partial charge in [-0.15, -0.1) is 0 Å². The Balaban J connectivity index is 2.03. The van der Waals surface area contributed by atoms with Crippen LogP contribution in [0, 0.1) is 0 Å². The van der Waals surface area contributed by atoms with Crippen molar-refractivity contribution in [2.45, 2.75) is 51.2 Å². The van der Waals surface area contributed by atoms with Crippen LogP contribution in [0.15, 0.2) is 24.3 Å². The average Bonchev–Trinajstić information content (AvgIpc) is 2.64. The first-order valence-electron chi connectivity index (χ1n) is 7.40. The second kappa shape index (κ2) is 7.39. The van der Waals surface area contributed by atoms with Crippen molar-refractivity contribution in [2.24, 2.45) is 0 Å². The van der Waals surface area contributed by atoms with Gasteiger partial charge >= 0.3 is 0 Å². The van der Waals surface area contributed by atoms with Gasteiger partial charge in [0.1, 0.15) is 17.6 Å². The van der Waals surface area contributed by atoms with Crippen molar-refractivity contribution in [1.29, 1.82) is 0 Å². The normalized spacial score (nSPS) is 23.7. The molecule has 1 saturated carbocycles. The van der Waals surface area contributed by atoms with Gasteiger partial charge in [-0.1, -0.05) is 18.9 Å². The zero-order chi connectivity index (χ0) is 13.5. The van der Waals surface area contributed by atoms with Gasteiger partial charge in [0.05, 0.1) is 6.61 Å². The van der Waals surface area contributed by atoms with Crippen LogP contribution in [0.1, 0.15) is 39.0 Å². The summed E-state index contributed by atoms with van der Waals surface area (Å²) in [7, 11) is 2.03. The molecule has 0 aliphatic heterocycles. The molecule has 0 aromatic heterocycles. The summed E-state index contributed by atoms with van der Waals surface area (Å²) in [6, 6.07) is 8.42. The lowest BCUT2D eigenvalue weighted by molar-refractivity contribution is 0.148. The van der Waals surface area contributed by atoms with E-state index in [1.165, 1.54) is 25.7 Å². The van der Waals surface area contributed by atoms with Crippen LogP contribution in [0.25, 0.3) is 0 Å². The van der Waals surface area contributed by atoms with E-state index in [2.05, 4.69) is 5.32 Å². The Morgan fingerprint density at radius 2 is 1.95 bits per heavy atom. The molecule has 1 aromatic rings. The number of benzene rings is 1. The van der Waals surface area contributed by atoms with Gasteiger partial charge in [-0.25, -0.2) is 0 Å². The van der Waals surface area contributed by atoms with Crippen LogP contribution >= 0.6 is 0 Å². The zero-order valence-electron chi connectivity index (χ0n) is 12.0. The summed E-state index contributed by atoms with van der Waals surface area (Å²) in [6.07, 6.45) is 6.47. The van der Waals surface area contributed by atoms with E-state index < -0.39 is 0 Å². The summed E-state index contributed by atoms with van der Waals surface area (Å²) < 4.78 is 11.7. The quantitative estimate of drug-likeness (QED) is 0.826. The van der Waals surface area contributed by atoms with Crippen LogP contribution in [-0.4, -0.2) is 25.8 Å². The van der Waals surface area contributed by atoms with Gasteiger partial charge in [0.2, 0.25) is 0 Å². The van der Waals surface area contributed by atoms with E-state index in [1.54, 1.807) is 0 Å². The third-order valence-electron chi connectivity index (χ3n) is 3.73.